The summed E-state index contributed by atoms with van der Waals surface area (Å²) in [5.41, 5.74) is 0. The van der Waals surface area contributed by atoms with Crippen molar-refractivity contribution in [3.63, 3.8) is 0 Å². The second kappa shape index (κ2) is 9.69. The van der Waals surface area contributed by atoms with Gasteiger partial charge in [-0.15, -0.1) is 0 Å². The average Bonchev–Trinajstić information content (AvgIpc) is 3.36. The van der Waals surface area contributed by atoms with E-state index in [9.17, 15) is 14.4 Å². The number of Topliss-reactive ketones (excluding diaryl/α,β-unsaturated/α-hetero) is 1. The summed E-state index contributed by atoms with van der Waals surface area (Å²) in [6.45, 7) is 2.06. The number of hydrogen-bond donors (Lipinski definition) is 0. The lowest BCUT2D eigenvalue weighted by atomic mass is 10.2. The van der Waals surface area contributed by atoms with Crippen LogP contribution in [0.15, 0.2) is 45.4 Å². The zero-order chi connectivity index (χ0) is 19.9. The van der Waals surface area contributed by atoms with Gasteiger partial charge in [-0.05, 0) is 52.9 Å². The van der Waals surface area contributed by atoms with Gasteiger partial charge >= 0.3 is 5.97 Å². The van der Waals surface area contributed by atoms with Crippen LogP contribution in [-0.4, -0.2) is 66.8 Å². The molecule has 0 bridgehead atoms. The van der Waals surface area contributed by atoms with Crippen LogP contribution in [0.4, 0.5) is 0 Å². The maximum atomic E-state index is 12.2. The summed E-state index contributed by atoms with van der Waals surface area (Å²) >= 11 is 2.02. The first kappa shape index (κ1) is 20.3. The zero-order valence-electron chi connectivity index (χ0n) is 15.0. The van der Waals surface area contributed by atoms with E-state index in [0.29, 0.717) is 41.5 Å². The standard InChI is InChI=1S/C19H19IN2O6/c20-17-5-3-15(28-17)4-6-18(24)27-13-14(23)12-21-7-9-22(10-8-21)19(25)16-2-1-11-26-16/h1-6,11H,7-10,12-13H2. The highest BCUT2D eigenvalue weighted by atomic mass is 127. The van der Waals surface area contributed by atoms with Gasteiger partial charge in [0.1, 0.15) is 5.76 Å². The molecule has 0 saturated carbocycles. The van der Waals surface area contributed by atoms with Crippen molar-refractivity contribution in [3.8, 4) is 0 Å². The number of esters is 1. The van der Waals surface area contributed by atoms with Gasteiger partial charge in [0, 0.05) is 32.3 Å². The number of furan rings is 2. The molecule has 1 aliphatic heterocycles. The summed E-state index contributed by atoms with van der Waals surface area (Å²) in [7, 11) is 0. The largest absolute Gasteiger partial charge is 0.459 e. The van der Waals surface area contributed by atoms with E-state index in [1.54, 1.807) is 29.2 Å². The lowest BCUT2D eigenvalue weighted by Crippen LogP contribution is -2.50. The Balaban J connectivity index is 1.36. The van der Waals surface area contributed by atoms with Gasteiger partial charge < -0.3 is 18.5 Å². The molecule has 0 aromatic carbocycles. The van der Waals surface area contributed by atoms with Crippen LogP contribution < -0.4 is 0 Å². The third kappa shape index (κ3) is 5.80. The van der Waals surface area contributed by atoms with Crippen LogP contribution in [0, 0.1) is 3.77 Å². The minimum Gasteiger partial charge on any atom is -0.459 e. The molecule has 2 aromatic heterocycles. The normalized spacial score (nSPS) is 15.1. The number of hydrogen-bond acceptors (Lipinski definition) is 7. The van der Waals surface area contributed by atoms with Crippen molar-refractivity contribution in [2.24, 2.45) is 0 Å². The Morgan fingerprint density at radius 1 is 1.14 bits per heavy atom. The highest BCUT2D eigenvalue weighted by Crippen LogP contribution is 2.11. The quantitative estimate of drug-likeness (QED) is 0.328. The molecule has 0 spiro atoms. The first-order chi connectivity index (χ1) is 13.5. The van der Waals surface area contributed by atoms with Gasteiger partial charge in [0.05, 0.1) is 12.8 Å². The van der Waals surface area contributed by atoms with E-state index in [1.807, 2.05) is 27.5 Å². The summed E-state index contributed by atoms with van der Waals surface area (Å²) in [6, 6.07) is 6.81. The first-order valence-electron chi connectivity index (χ1n) is 8.68. The van der Waals surface area contributed by atoms with Gasteiger partial charge in [-0.2, -0.15) is 0 Å². The number of piperazine rings is 1. The van der Waals surface area contributed by atoms with Crippen molar-refractivity contribution < 1.29 is 28.0 Å². The minimum absolute atomic E-state index is 0.150. The highest BCUT2D eigenvalue weighted by molar-refractivity contribution is 14.1. The topological polar surface area (TPSA) is 93.2 Å². The van der Waals surface area contributed by atoms with Crippen LogP contribution in [-0.2, 0) is 14.3 Å². The third-order valence-electron chi connectivity index (χ3n) is 4.14. The third-order valence-corrected chi connectivity index (χ3v) is 4.72. The molecule has 8 nitrogen and oxygen atoms in total. The van der Waals surface area contributed by atoms with Crippen molar-refractivity contribution >= 4 is 46.3 Å². The van der Waals surface area contributed by atoms with Gasteiger partial charge in [-0.25, -0.2) is 4.79 Å². The number of amides is 1. The summed E-state index contributed by atoms with van der Waals surface area (Å²) in [6.07, 6.45) is 4.18. The predicted molar refractivity (Wildman–Crippen MR) is 107 cm³/mol. The molecule has 28 heavy (non-hydrogen) atoms. The van der Waals surface area contributed by atoms with E-state index < -0.39 is 5.97 Å². The summed E-state index contributed by atoms with van der Waals surface area (Å²) < 4.78 is 16.1. The molecule has 0 aliphatic carbocycles. The van der Waals surface area contributed by atoms with E-state index in [0.717, 1.165) is 0 Å². The maximum Gasteiger partial charge on any atom is 0.331 e. The van der Waals surface area contributed by atoms with Crippen LogP contribution in [0.5, 0.6) is 0 Å². The second-order valence-corrected chi connectivity index (χ2v) is 7.23. The summed E-state index contributed by atoms with van der Waals surface area (Å²) in [5, 5.41) is 0. The SMILES string of the molecule is O=C(COC(=O)C=Cc1ccc(I)o1)CN1CCN(C(=O)c2ccco2)CC1. The van der Waals surface area contributed by atoms with Gasteiger partial charge in [0.2, 0.25) is 0 Å². The van der Waals surface area contributed by atoms with Crippen molar-refractivity contribution in [2.75, 3.05) is 39.3 Å². The Kier molecular flexibility index (Phi) is 7.04. The van der Waals surface area contributed by atoms with Crippen LogP contribution in [0.2, 0.25) is 0 Å². The number of carbonyl (C=O) groups is 3. The molecule has 3 heterocycles. The van der Waals surface area contributed by atoms with E-state index in [-0.39, 0.29) is 24.8 Å². The molecule has 148 valence electrons. The van der Waals surface area contributed by atoms with Crippen LogP contribution in [0.25, 0.3) is 6.08 Å². The second-order valence-electron chi connectivity index (χ2n) is 6.17. The summed E-state index contributed by atoms with van der Waals surface area (Å²) in [5.74, 6) is -0.0972. The minimum atomic E-state index is -0.603. The number of halogens is 1. The molecule has 0 radical (unpaired) electrons. The fourth-order valence-corrected chi connectivity index (χ4v) is 3.16. The van der Waals surface area contributed by atoms with Crippen LogP contribution in [0.1, 0.15) is 16.3 Å². The van der Waals surface area contributed by atoms with Gasteiger partial charge in [0.25, 0.3) is 5.91 Å². The Morgan fingerprint density at radius 3 is 2.57 bits per heavy atom. The molecule has 1 amide bonds. The van der Waals surface area contributed by atoms with Gasteiger partial charge in [-0.3, -0.25) is 14.5 Å². The molecular weight excluding hydrogens is 479 g/mol. The number of rotatable bonds is 7. The Morgan fingerprint density at radius 2 is 1.93 bits per heavy atom. The van der Waals surface area contributed by atoms with Crippen LogP contribution in [0.3, 0.4) is 0 Å². The molecule has 0 N–H and O–H groups in total. The molecule has 3 rings (SSSR count). The van der Waals surface area contributed by atoms with Crippen molar-refractivity contribution in [2.45, 2.75) is 0 Å². The predicted octanol–water partition coefficient (Wildman–Crippen LogP) is 2.06. The van der Waals surface area contributed by atoms with Crippen molar-refractivity contribution in [3.05, 3.63) is 51.9 Å². The fourth-order valence-electron chi connectivity index (χ4n) is 2.73. The van der Waals surface area contributed by atoms with E-state index in [4.69, 9.17) is 13.6 Å². The molecule has 9 heteroatoms. The smallest absolute Gasteiger partial charge is 0.331 e. The Bertz CT molecular complexity index is 850. The lowest BCUT2D eigenvalue weighted by Gasteiger charge is -2.33. The van der Waals surface area contributed by atoms with Crippen molar-refractivity contribution in [1.82, 2.24) is 9.80 Å². The maximum absolute atomic E-state index is 12.2. The van der Waals surface area contributed by atoms with Gasteiger partial charge in [0.15, 0.2) is 21.9 Å². The van der Waals surface area contributed by atoms with Crippen LogP contribution >= 0.6 is 22.6 Å². The zero-order valence-corrected chi connectivity index (χ0v) is 17.2. The first-order valence-corrected chi connectivity index (χ1v) is 9.76. The highest BCUT2D eigenvalue weighted by Gasteiger charge is 2.24. The number of ether oxygens (including phenoxy) is 1. The number of carbonyl (C=O) groups excluding carboxylic acids is 3. The molecule has 0 atom stereocenters. The fraction of sp³-hybridized carbons (Fsp3) is 0.316. The van der Waals surface area contributed by atoms with Crippen molar-refractivity contribution in [1.29, 1.82) is 0 Å². The van der Waals surface area contributed by atoms with E-state index in [1.165, 1.54) is 18.4 Å². The lowest BCUT2D eigenvalue weighted by molar-refractivity contribution is -0.143. The molecule has 1 fully saturated rings. The summed E-state index contributed by atoms with van der Waals surface area (Å²) in [4.78, 5) is 39.6. The molecule has 2 aromatic rings. The van der Waals surface area contributed by atoms with Gasteiger partial charge in [-0.1, -0.05) is 0 Å². The molecule has 1 aliphatic rings. The van der Waals surface area contributed by atoms with E-state index in [2.05, 4.69) is 0 Å². The molecular formula is C19H19IN2O6. The number of nitrogens with zero attached hydrogens (tertiary/aromatic N) is 2. The Hall–Kier alpha value is -2.40. The Labute approximate surface area is 175 Å². The monoisotopic (exact) mass is 498 g/mol. The average molecular weight is 498 g/mol. The van der Waals surface area contributed by atoms with E-state index >= 15 is 0 Å². The number of ketones is 1. The molecule has 1 saturated heterocycles. The molecule has 0 unspecified atom stereocenters.